The van der Waals surface area contributed by atoms with E-state index in [2.05, 4.69) is 0 Å². The summed E-state index contributed by atoms with van der Waals surface area (Å²) in [5.41, 5.74) is 3.91. The first-order valence-electron chi connectivity index (χ1n) is 5.58. The Morgan fingerprint density at radius 3 is 2.06 bits per heavy atom. The minimum Gasteiger partial charge on any atom is -0.443 e. The van der Waals surface area contributed by atoms with Crippen LogP contribution in [0.3, 0.4) is 0 Å². The van der Waals surface area contributed by atoms with Gasteiger partial charge < -0.3 is 5.02 Å². The number of hydrogen-bond acceptors (Lipinski definition) is 1. The maximum Gasteiger partial charge on any atom is 0.359 e. The molecule has 0 aliphatic heterocycles. The van der Waals surface area contributed by atoms with Gasteiger partial charge in [0.15, 0.2) is 0 Å². The summed E-state index contributed by atoms with van der Waals surface area (Å²) in [6, 6.07) is 13.5. The summed E-state index contributed by atoms with van der Waals surface area (Å²) in [5.74, 6) is 0. The molecule has 0 aliphatic carbocycles. The predicted octanol–water partition coefficient (Wildman–Crippen LogP) is 2.69. The second-order valence-corrected chi connectivity index (χ2v) is 4.73. The predicted molar refractivity (Wildman–Crippen MR) is 81.3 cm³/mol. The van der Waals surface area contributed by atoms with Crippen molar-refractivity contribution in [3.63, 3.8) is 0 Å². The zero-order valence-corrected chi connectivity index (χ0v) is 10.7. The lowest BCUT2D eigenvalue weighted by Crippen LogP contribution is -2.42. The minimum absolute atomic E-state index is 0. The standard InChI is InChI=1S/C14H14BClO.CH4/c1-10-3-6-12(7-4-10)15(17)13-8-5-11(2)14(16)9-13;/h3-9,17H,1-2H3;1H4. The van der Waals surface area contributed by atoms with Crippen molar-refractivity contribution < 1.29 is 5.02 Å². The van der Waals surface area contributed by atoms with Crippen LogP contribution < -0.4 is 10.9 Å². The van der Waals surface area contributed by atoms with Crippen molar-refractivity contribution in [1.29, 1.82) is 0 Å². The van der Waals surface area contributed by atoms with Gasteiger partial charge in [0.2, 0.25) is 0 Å². The lowest BCUT2D eigenvalue weighted by atomic mass is 9.56. The van der Waals surface area contributed by atoms with E-state index >= 15 is 0 Å². The van der Waals surface area contributed by atoms with Crippen LogP contribution in [0, 0.1) is 13.8 Å². The molecule has 1 N–H and O–H groups in total. The van der Waals surface area contributed by atoms with Gasteiger partial charge in [0.1, 0.15) is 0 Å². The van der Waals surface area contributed by atoms with Crippen molar-refractivity contribution in [2.24, 2.45) is 0 Å². The maximum absolute atomic E-state index is 10.2. The molecule has 3 heteroatoms. The summed E-state index contributed by atoms with van der Waals surface area (Å²) in [4.78, 5) is 0. The third kappa shape index (κ3) is 3.15. The normalized spacial score (nSPS) is 9.78. The van der Waals surface area contributed by atoms with Gasteiger partial charge in [-0.2, -0.15) is 0 Å². The molecule has 94 valence electrons. The van der Waals surface area contributed by atoms with Gasteiger partial charge in [0.05, 0.1) is 0 Å². The molecule has 0 fully saturated rings. The molecule has 2 aromatic carbocycles. The van der Waals surface area contributed by atoms with E-state index in [-0.39, 0.29) is 7.43 Å². The zero-order chi connectivity index (χ0) is 12.4. The second kappa shape index (κ2) is 6.08. The van der Waals surface area contributed by atoms with Crippen LogP contribution in [-0.4, -0.2) is 11.9 Å². The molecule has 2 rings (SSSR count). The van der Waals surface area contributed by atoms with Gasteiger partial charge in [-0.15, -0.1) is 0 Å². The van der Waals surface area contributed by atoms with Gasteiger partial charge >= 0.3 is 6.92 Å². The zero-order valence-electron chi connectivity index (χ0n) is 9.94. The van der Waals surface area contributed by atoms with Gasteiger partial charge in [-0.3, -0.25) is 0 Å². The van der Waals surface area contributed by atoms with E-state index in [9.17, 15) is 5.02 Å². The molecule has 1 nitrogen and oxygen atoms in total. The van der Waals surface area contributed by atoms with Crippen LogP contribution in [-0.2, 0) is 0 Å². The van der Waals surface area contributed by atoms with Crippen LogP contribution in [0.25, 0.3) is 0 Å². The fraction of sp³-hybridized carbons (Fsp3) is 0.200. The molecule has 0 radical (unpaired) electrons. The van der Waals surface area contributed by atoms with Gasteiger partial charge in [-0.1, -0.05) is 61.0 Å². The van der Waals surface area contributed by atoms with Crippen molar-refractivity contribution in [2.45, 2.75) is 21.3 Å². The molecule has 0 amide bonds. The third-order valence-corrected chi connectivity index (χ3v) is 3.31. The summed E-state index contributed by atoms with van der Waals surface area (Å²) in [6.07, 6.45) is 0. The van der Waals surface area contributed by atoms with Crippen LogP contribution in [0.15, 0.2) is 42.5 Å². The summed E-state index contributed by atoms with van der Waals surface area (Å²) in [6.45, 7) is 3.36. The molecule has 0 bridgehead atoms. The quantitative estimate of drug-likeness (QED) is 0.823. The monoisotopic (exact) mass is 260 g/mol. The molecule has 0 aromatic heterocycles. The molecule has 0 saturated carbocycles. The van der Waals surface area contributed by atoms with Crippen molar-refractivity contribution in [3.05, 3.63) is 58.6 Å². The van der Waals surface area contributed by atoms with E-state index in [1.54, 1.807) is 0 Å². The fourth-order valence-electron chi connectivity index (χ4n) is 1.72. The van der Waals surface area contributed by atoms with Crippen molar-refractivity contribution >= 4 is 29.4 Å². The Morgan fingerprint density at radius 1 is 0.944 bits per heavy atom. The van der Waals surface area contributed by atoms with Crippen molar-refractivity contribution in [3.8, 4) is 0 Å². The van der Waals surface area contributed by atoms with E-state index in [0.717, 1.165) is 16.5 Å². The number of aryl methyl sites for hydroxylation is 2. The van der Waals surface area contributed by atoms with E-state index in [1.807, 2.05) is 56.3 Å². The first-order chi connectivity index (χ1) is 8.08. The molecule has 18 heavy (non-hydrogen) atoms. The van der Waals surface area contributed by atoms with E-state index in [1.165, 1.54) is 5.56 Å². The number of rotatable bonds is 2. The maximum atomic E-state index is 10.2. The fourth-order valence-corrected chi connectivity index (χ4v) is 1.91. The molecule has 2 aromatic rings. The van der Waals surface area contributed by atoms with Gasteiger partial charge in [0.25, 0.3) is 0 Å². The smallest absolute Gasteiger partial charge is 0.359 e. The number of halogens is 1. The lowest BCUT2D eigenvalue weighted by Gasteiger charge is -2.09. The van der Waals surface area contributed by atoms with Crippen molar-refractivity contribution in [2.75, 3.05) is 0 Å². The first kappa shape index (κ1) is 14.8. The lowest BCUT2D eigenvalue weighted by molar-refractivity contribution is 0.600. The van der Waals surface area contributed by atoms with Crippen LogP contribution in [0.1, 0.15) is 18.6 Å². The Labute approximate surface area is 115 Å². The first-order valence-corrected chi connectivity index (χ1v) is 5.96. The molecule has 0 spiro atoms. The third-order valence-electron chi connectivity index (χ3n) is 2.90. The highest BCUT2D eigenvalue weighted by molar-refractivity contribution is 6.79. The van der Waals surface area contributed by atoms with Crippen LogP contribution >= 0.6 is 11.6 Å². The number of benzene rings is 2. The average molecular weight is 261 g/mol. The molecule has 0 unspecified atom stereocenters. The Kier molecular flexibility index (Phi) is 5.00. The average Bonchev–Trinajstić information content (AvgIpc) is 2.33. The number of hydrogen-bond donors (Lipinski definition) is 1. The van der Waals surface area contributed by atoms with E-state index in [0.29, 0.717) is 5.02 Å². The van der Waals surface area contributed by atoms with Crippen LogP contribution in [0.4, 0.5) is 0 Å². The van der Waals surface area contributed by atoms with Gasteiger partial charge in [-0.25, -0.2) is 0 Å². The highest BCUT2D eigenvalue weighted by atomic mass is 35.5. The van der Waals surface area contributed by atoms with Crippen LogP contribution in [0.5, 0.6) is 0 Å². The van der Waals surface area contributed by atoms with Gasteiger partial charge in [0, 0.05) is 5.02 Å². The Bertz CT molecular complexity index is 523. The molecule has 0 atom stereocenters. The minimum atomic E-state index is -0.617. The Hall–Kier alpha value is -1.25. The summed E-state index contributed by atoms with van der Waals surface area (Å²) in [5, 5.41) is 10.9. The van der Waals surface area contributed by atoms with E-state index in [4.69, 9.17) is 11.6 Å². The Morgan fingerprint density at radius 2 is 1.50 bits per heavy atom. The largest absolute Gasteiger partial charge is 0.443 e. The molecular weight excluding hydrogens is 242 g/mol. The molecular formula is C15H18BClO. The molecule has 0 saturated heterocycles. The summed E-state index contributed by atoms with van der Waals surface area (Å²) >= 11 is 6.06. The highest BCUT2D eigenvalue weighted by Gasteiger charge is 2.17. The topological polar surface area (TPSA) is 20.2 Å². The van der Waals surface area contributed by atoms with Crippen LogP contribution in [0.2, 0.25) is 5.02 Å². The van der Waals surface area contributed by atoms with E-state index < -0.39 is 6.92 Å². The molecule has 0 aliphatic rings. The molecule has 0 heterocycles. The highest BCUT2D eigenvalue weighted by Crippen LogP contribution is 2.12. The SMILES string of the molecule is C.Cc1ccc(B(O)c2ccc(C)c(Cl)c2)cc1. The van der Waals surface area contributed by atoms with Crippen molar-refractivity contribution in [1.82, 2.24) is 0 Å². The van der Waals surface area contributed by atoms with Gasteiger partial charge in [-0.05, 0) is 36.4 Å². The summed E-state index contributed by atoms with van der Waals surface area (Å²) < 4.78 is 0. The Balaban J connectivity index is 0.00000162. The summed E-state index contributed by atoms with van der Waals surface area (Å²) in [7, 11) is 0. The second-order valence-electron chi connectivity index (χ2n) is 4.32.